The van der Waals surface area contributed by atoms with Crippen LogP contribution in [0.1, 0.15) is 11.4 Å². The number of amides is 1. The van der Waals surface area contributed by atoms with Crippen LogP contribution in [0.4, 0.5) is 10.1 Å². The molecule has 0 saturated heterocycles. The largest absolute Gasteiger partial charge is 0.411 e. The molecule has 1 aromatic carbocycles. The van der Waals surface area contributed by atoms with Crippen molar-refractivity contribution in [1.29, 1.82) is 0 Å². The molecule has 2 heterocycles. The molecule has 9 heteroatoms. The van der Waals surface area contributed by atoms with E-state index in [1.165, 1.54) is 12.1 Å². The molecule has 0 saturated carbocycles. The Morgan fingerprint density at radius 1 is 1.28 bits per heavy atom. The number of hydrogen-bond donors (Lipinski definition) is 1. The maximum absolute atomic E-state index is 12.9. The molecule has 1 N–H and O–H groups in total. The topological polar surface area (TPSA) is 85.8 Å². The fourth-order valence-electron chi connectivity index (χ4n) is 2.23. The van der Waals surface area contributed by atoms with Crippen LogP contribution in [0.25, 0.3) is 11.5 Å². The molecule has 0 aliphatic carbocycles. The molecular formula is C16H16FN5O2S. The summed E-state index contributed by atoms with van der Waals surface area (Å²) in [5.74, 6) is -0.123. The van der Waals surface area contributed by atoms with Crippen LogP contribution in [-0.2, 0) is 11.8 Å². The minimum absolute atomic E-state index is 0.124. The van der Waals surface area contributed by atoms with Crippen molar-refractivity contribution in [2.75, 3.05) is 11.1 Å². The van der Waals surface area contributed by atoms with Gasteiger partial charge in [0.2, 0.25) is 11.8 Å². The first-order chi connectivity index (χ1) is 11.9. The third kappa shape index (κ3) is 3.87. The van der Waals surface area contributed by atoms with Crippen molar-refractivity contribution in [2.24, 2.45) is 7.05 Å². The van der Waals surface area contributed by atoms with Gasteiger partial charge < -0.3 is 9.73 Å². The highest BCUT2D eigenvalue weighted by atomic mass is 32.2. The predicted octanol–water partition coefficient (Wildman–Crippen LogP) is 2.96. The second kappa shape index (κ2) is 7.06. The van der Waals surface area contributed by atoms with Crippen molar-refractivity contribution in [3.05, 3.63) is 41.5 Å². The molecule has 0 atom stereocenters. The Morgan fingerprint density at radius 2 is 2.00 bits per heavy atom. The number of halogens is 1. The number of thioether (sulfide) groups is 1. The fourth-order valence-corrected chi connectivity index (χ4v) is 2.80. The van der Waals surface area contributed by atoms with Crippen molar-refractivity contribution in [3.63, 3.8) is 0 Å². The van der Waals surface area contributed by atoms with Crippen molar-refractivity contribution in [1.82, 2.24) is 20.0 Å². The maximum atomic E-state index is 12.9. The Labute approximate surface area is 147 Å². The maximum Gasteiger partial charge on any atom is 0.277 e. The molecule has 0 unspecified atom stereocenters. The molecule has 0 aliphatic heterocycles. The van der Waals surface area contributed by atoms with E-state index in [2.05, 4.69) is 20.6 Å². The number of aromatic nitrogens is 4. The summed E-state index contributed by atoms with van der Waals surface area (Å²) in [5, 5.41) is 15.2. The summed E-state index contributed by atoms with van der Waals surface area (Å²) in [6.45, 7) is 3.72. The average molecular weight is 361 g/mol. The second-order valence-corrected chi connectivity index (χ2v) is 6.31. The SMILES string of the molecule is Cc1nn(C)c(C)c1NC(=O)CSc1nnc(-c2ccc(F)cc2)o1. The van der Waals surface area contributed by atoms with Gasteiger partial charge in [-0.25, -0.2) is 4.39 Å². The summed E-state index contributed by atoms with van der Waals surface area (Å²) in [5.41, 5.74) is 2.97. The highest BCUT2D eigenvalue weighted by Crippen LogP contribution is 2.24. The molecule has 0 bridgehead atoms. The first kappa shape index (κ1) is 17.2. The van der Waals surface area contributed by atoms with Gasteiger partial charge in [0.15, 0.2) is 0 Å². The van der Waals surface area contributed by atoms with Crippen LogP contribution < -0.4 is 5.32 Å². The van der Waals surface area contributed by atoms with E-state index in [-0.39, 0.29) is 28.6 Å². The number of aryl methyl sites for hydroxylation is 2. The molecule has 25 heavy (non-hydrogen) atoms. The summed E-state index contributed by atoms with van der Waals surface area (Å²) in [6, 6.07) is 5.74. The molecule has 130 valence electrons. The molecule has 3 rings (SSSR count). The van der Waals surface area contributed by atoms with Crippen LogP contribution >= 0.6 is 11.8 Å². The monoisotopic (exact) mass is 361 g/mol. The highest BCUT2D eigenvalue weighted by molar-refractivity contribution is 7.99. The van der Waals surface area contributed by atoms with Crippen LogP contribution in [0, 0.1) is 19.7 Å². The van der Waals surface area contributed by atoms with E-state index < -0.39 is 0 Å². The van der Waals surface area contributed by atoms with Gasteiger partial charge >= 0.3 is 0 Å². The van der Waals surface area contributed by atoms with Crippen LogP contribution in [0.2, 0.25) is 0 Å². The van der Waals surface area contributed by atoms with Gasteiger partial charge in [0, 0.05) is 12.6 Å². The average Bonchev–Trinajstić information content (AvgIpc) is 3.14. The Bertz CT molecular complexity index is 904. The Balaban J connectivity index is 1.60. The van der Waals surface area contributed by atoms with Crippen molar-refractivity contribution in [2.45, 2.75) is 19.1 Å². The summed E-state index contributed by atoms with van der Waals surface area (Å²) < 4.78 is 20.1. The second-order valence-electron chi connectivity index (χ2n) is 5.39. The molecular weight excluding hydrogens is 345 g/mol. The van der Waals surface area contributed by atoms with Gasteiger partial charge in [0.1, 0.15) is 5.82 Å². The Kier molecular flexibility index (Phi) is 4.84. The molecule has 0 fully saturated rings. The quantitative estimate of drug-likeness (QED) is 0.703. The zero-order valence-electron chi connectivity index (χ0n) is 13.9. The number of carbonyl (C=O) groups is 1. The zero-order valence-corrected chi connectivity index (χ0v) is 14.7. The number of rotatable bonds is 5. The number of anilines is 1. The number of nitrogens with zero attached hydrogens (tertiary/aromatic N) is 4. The van der Waals surface area contributed by atoms with E-state index in [0.717, 1.165) is 23.1 Å². The summed E-state index contributed by atoms with van der Waals surface area (Å²) in [4.78, 5) is 12.1. The van der Waals surface area contributed by atoms with Gasteiger partial charge in [-0.05, 0) is 38.1 Å². The smallest absolute Gasteiger partial charge is 0.277 e. The number of hydrogen-bond acceptors (Lipinski definition) is 6. The lowest BCUT2D eigenvalue weighted by molar-refractivity contribution is -0.113. The van der Waals surface area contributed by atoms with Gasteiger partial charge in [-0.1, -0.05) is 11.8 Å². The number of nitrogens with one attached hydrogen (secondary N) is 1. The Morgan fingerprint density at radius 3 is 2.64 bits per heavy atom. The third-order valence-electron chi connectivity index (χ3n) is 3.60. The summed E-state index contributed by atoms with van der Waals surface area (Å²) in [6.07, 6.45) is 0. The molecule has 2 aromatic heterocycles. The van der Waals surface area contributed by atoms with E-state index >= 15 is 0 Å². The van der Waals surface area contributed by atoms with Gasteiger partial charge in [-0.2, -0.15) is 5.10 Å². The number of benzene rings is 1. The van der Waals surface area contributed by atoms with E-state index in [4.69, 9.17) is 4.42 Å². The standard InChI is InChI=1S/C16H16FN5O2S/c1-9-14(10(2)22(3)21-9)18-13(23)8-25-16-20-19-15(24-16)11-4-6-12(17)7-5-11/h4-7H,8H2,1-3H3,(H,18,23). The summed E-state index contributed by atoms with van der Waals surface area (Å²) >= 11 is 1.13. The lowest BCUT2D eigenvalue weighted by Crippen LogP contribution is -2.15. The molecule has 0 spiro atoms. The van der Waals surface area contributed by atoms with Gasteiger partial charge in [0.05, 0.1) is 22.8 Å². The van der Waals surface area contributed by atoms with Crippen LogP contribution in [0.5, 0.6) is 0 Å². The lowest BCUT2D eigenvalue weighted by Gasteiger charge is -2.04. The first-order valence-corrected chi connectivity index (χ1v) is 8.45. The fraction of sp³-hybridized carbons (Fsp3) is 0.250. The molecule has 1 amide bonds. The Hall–Kier alpha value is -2.68. The van der Waals surface area contributed by atoms with Crippen LogP contribution in [0.15, 0.2) is 33.9 Å². The highest BCUT2D eigenvalue weighted by Gasteiger charge is 2.15. The first-order valence-electron chi connectivity index (χ1n) is 7.46. The zero-order chi connectivity index (χ0) is 18.0. The molecule has 3 aromatic rings. The van der Waals surface area contributed by atoms with Crippen molar-refractivity contribution in [3.8, 4) is 11.5 Å². The van der Waals surface area contributed by atoms with E-state index in [0.29, 0.717) is 11.3 Å². The normalized spacial score (nSPS) is 10.9. The molecule has 0 radical (unpaired) electrons. The van der Waals surface area contributed by atoms with E-state index in [1.54, 1.807) is 16.8 Å². The van der Waals surface area contributed by atoms with E-state index in [1.807, 2.05) is 20.9 Å². The minimum Gasteiger partial charge on any atom is -0.411 e. The van der Waals surface area contributed by atoms with Gasteiger partial charge in [0.25, 0.3) is 5.22 Å². The summed E-state index contributed by atoms with van der Waals surface area (Å²) in [7, 11) is 1.82. The van der Waals surface area contributed by atoms with Crippen LogP contribution in [0.3, 0.4) is 0 Å². The van der Waals surface area contributed by atoms with Crippen molar-refractivity contribution >= 4 is 23.4 Å². The molecule has 7 nitrogen and oxygen atoms in total. The van der Waals surface area contributed by atoms with Crippen LogP contribution in [-0.4, -0.2) is 31.6 Å². The minimum atomic E-state index is -0.337. The van der Waals surface area contributed by atoms with Gasteiger partial charge in [-0.3, -0.25) is 9.48 Å². The molecule has 0 aliphatic rings. The van der Waals surface area contributed by atoms with Gasteiger partial charge in [-0.15, -0.1) is 10.2 Å². The third-order valence-corrected chi connectivity index (χ3v) is 4.42. The number of carbonyl (C=O) groups excluding carboxylic acids is 1. The van der Waals surface area contributed by atoms with Crippen molar-refractivity contribution < 1.29 is 13.6 Å². The van der Waals surface area contributed by atoms with E-state index in [9.17, 15) is 9.18 Å². The lowest BCUT2D eigenvalue weighted by atomic mass is 10.2. The predicted molar refractivity (Wildman–Crippen MR) is 91.7 cm³/mol.